The molecule has 3 aromatic carbocycles. The molecule has 0 aromatic heterocycles. The lowest BCUT2D eigenvalue weighted by Gasteiger charge is -2.46. The molecule has 1 heterocycles. The Kier molecular flexibility index (Phi) is 4.14. The maximum atomic E-state index is 13.9. The van der Waals surface area contributed by atoms with Gasteiger partial charge in [0.05, 0.1) is 17.5 Å². The average molecular weight is 486 g/mol. The first-order chi connectivity index (χ1) is 15.3. The molecule has 0 saturated carbocycles. The van der Waals surface area contributed by atoms with Gasteiger partial charge >= 0.3 is 0 Å². The van der Waals surface area contributed by atoms with Crippen LogP contribution < -0.4 is 4.90 Å². The van der Waals surface area contributed by atoms with Crippen molar-refractivity contribution in [3.05, 3.63) is 99.0 Å². The summed E-state index contributed by atoms with van der Waals surface area (Å²) in [7, 11) is 0. The Morgan fingerprint density at radius 2 is 1.25 bits per heavy atom. The lowest BCUT2D eigenvalue weighted by Crippen LogP contribution is -2.41. The number of carbonyl (C=O) groups excluding carboxylic acids is 2. The third-order valence-electron chi connectivity index (χ3n) is 7.50. The number of anilines is 1. The number of benzene rings is 3. The zero-order chi connectivity index (χ0) is 22.4. The van der Waals surface area contributed by atoms with E-state index < -0.39 is 0 Å². The fourth-order valence-electron chi connectivity index (χ4n) is 6.06. The number of para-hydroxylation sites is 1. The van der Waals surface area contributed by atoms with E-state index >= 15 is 0 Å². The monoisotopic (exact) mass is 485 g/mol. The molecule has 2 bridgehead atoms. The van der Waals surface area contributed by atoms with Crippen molar-refractivity contribution in [2.75, 3.05) is 4.90 Å². The summed E-state index contributed by atoms with van der Waals surface area (Å²) in [6.07, 6.45) is 0. The van der Waals surface area contributed by atoms with Crippen LogP contribution in [0.5, 0.6) is 0 Å². The standard InChI is InChI=1S/C28H24BrNO2/c1-28(2,3)15-12-13-18-19(14-15)23-17-9-5-4-8-16(17)22(18)24-25(23)27(32)30(26(24)31)21-11-7-6-10-20(21)29/h4-14,22-25H,1-3H3. The number of halogens is 1. The van der Waals surface area contributed by atoms with Crippen LogP contribution in [0.1, 0.15) is 60.4 Å². The molecule has 4 aliphatic rings. The first-order valence-corrected chi connectivity index (χ1v) is 11.9. The van der Waals surface area contributed by atoms with Crippen molar-refractivity contribution in [3.63, 3.8) is 0 Å². The van der Waals surface area contributed by atoms with Gasteiger partial charge in [0.25, 0.3) is 0 Å². The van der Waals surface area contributed by atoms with Crippen molar-refractivity contribution < 1.29 is 9.59 Å². The van der Waals surface area contributed by atoms with Crippen molar-refractivity contribution in [3.8, 4) is 0 Å². The van der Waals surface area contributed by atoms with Crippen LogP contribution in [0.3, 0.4) is 0 Å². The van der Waals surface area contributed by atoms with Crippen molar-refractivity contribution in [2.45, 2.75) is 38.0 Å². The molecule has 1 aliphatic heterocycles. The molecule has 32 heavy (non-hydrogen) atoms. The van der Waals surface area contributed by atoms with Crippen LogP contribution in [0, 0.1) is 11.8 Å². The summed E-state index contributed by atoms with van der Waals surface area (Å²) in [5.41, 5.74) is 6.74. The first kappa shape index (κ1) is 19.9. The van der Waals surface area contributed by atoms with Crippen LogP contribution in [-0.4, -0.2) is 11.8 Å². The van der Waals surface area contributed by atoms with Gasteiger partial charge in [0.15, 0.2) is 0 Å². The lowest BCUT2D eigenvalue weighted by molar-refractivity contribution is -0.122. The summed E-state index contributed by atoms with van der Waals surface area (Å²) in [6.45, 7) is 6.64. The number of hydrogen-bond donors (Lipinski definition) is 0. The smallest absolute Gasteiger partial charge is 0.238 e. The average Bonchev–Trinajstić information content (AvgIpc) is 3.04. The highest BCUT2D eigenvalue weighted by Gasteiger charge is 2.62. The van der Waals surface area contributed by atoms with E-state index in [1.807, 2.05) is 30.3 Å². The molecule has 4 unspecified atom stereocenters. The van der Waals surface area contributed by atoms with Gasteiger partial charge in [0.1, 0.15) is 0 Å². The summed E-state index contributed by atoms with van der Waals surface area (Å²) in [5.74, 6) is -1.07. The Morgan fingerprint density at radius 1 is 0.719 bits per heavy atom. The lowest BCUT2D eigenvalue weighted by atomic mass is 9.54. The molecular weight excluding hydrogens is 462 g/mol. The zero-order valence-electron chi connectivity index (χ0n) is 18.3. The predicted molar refractivity (Wildman–Crippen MR) is 129 cm³/mol. The molecule has 1 saturated heterocycles. The largest absolute Gasteiger partial charge is 0.274 e. The molecule has 0 spiro atoms. The van der Waals surface area contributed by atoms with Crippen molar-refractivity contribution in [1.29, 1.82) is 0 Å². The molecule has 4 atom stereocenters. The van der Waals surface area contributed by atoms with E-state index in [0.717, 1.165) is 4.47 Å². The second-order valence-corrected chi connectivity index (χ2v) is 11.0. The molecule has 7 rings (SSSR count). The molecule has 160 valence electrons. The molecule has 3 aromatic rings. The van der Waals surface area contributed by atoms with Gasteiger partial charge in [-0.15, -0.1) is 0 Å². The van der Waals surface area contributed by atoms with Crippen LogP contribution in [0.15, 0.2) is 71.2 Å². The molecule has 3 aliphatic carbocycles. The van der Waals surface area contributed by atoms with E-state index in [1.54, 1.807) is 0 Å². The third kappa shape index (κ3) is 2.53. The van der Waals surface area contributed by atoms with E-state index in [-0.39, 0.29) is 40.9 Å². The highest BCUT2D eigenvalue weighted by atomic mass is 79.9. The fourth-order valence-corrected chi connectivity index (χ4v) is 6.53. The zero-order valence-corrected chi connectivity index (χ0v) is 19.9. The Balaban J connectivity index is 1.58. The Morgan fingerprint density at radius 3 is 1.84 bits per heavy atom. The van der Waals surface area contributed by atoms with Gasteiger partial charge in [-0.25, -0.2) is 4.90 Å². The van der Waals surface area contributed by atoms with E-state index in [1.165, 1.54) is 32.7 Å². The quantitative estimate of drug-likeness (QED) is 0.388. The van der Waals surface area contributed by atoms with Crippen LogP contribution in [0.2, 0.25) is 0 Å². The fraction of sp³-hybridized carbons (Fsp3) is 0.286. The van der Waals surface area contributed by atoms with Gasteiger partial charge in [-0.3, -0.25) is 9.59 Å². The van der Waals surface area contributed by atoms with Crippen molar-refractivity contribution in [1.82, 2.24) is 0 Å². The first-order valence-electron chi connectivity index (χ1n) is 11.1. The normalized spacial score (nSPS) is 25.6. The van der Waals surface area contributed by atoms with Gasteiger partial charge in [-0.1, -0.05) is 75.4 Å². The Hall–Kier alpha value is -2.72. The predicted octanol–water partition coefficient (Wildman–Crippen LogP) is 6.14. The Bertz CT molecular complexity index is 1300. The number of rotatable bonds is 1. The highest BCUT2D eigenvalue weighted by Crippen LogP contribution is 2.61. The van der Waals surface area contributed by atoms with E-state index in [9.17, 15) is 9.59 Å². The van der Waals surface area contributed by atoms with Crippen molar-refractivity contribution >= 4 is 33.4 Å². The third-order valence-corrected chi connectivity index (χ3v) is 8.17. The maximum absolute atomic E-state index is 13.9. The second-order valence-electron chi connectivity index (χ2n) is 10.2. The molecule has 2 amide bonds. The maximum Gasteiger partial charge on any atom is 0.238 e. The van der Waals surface area contributed by atoms with E-state index in [4.69, 9.17) is 0 Å². The Labute approximate surface area is 196 Å². The second kappa shape index (κ2) is 6.64. The van der Waals surface area contributed by atoms with Gasteiger partial charge < -0.3 is 0 Å². The topological polar surface area (TPSA) is 37.4 Å². The minimum Gasteiger partial charge on any atom is -0.274 e. The number of nitrogens with zero attached hydrogens (tertiary/aromatic N) is 1. The van der Waals surface area contributed by atoms with E-state index in [2.05, 4.69) is 73.1 Å². The van der Waals surface area contributed by atoms with Gasteiger partial charge in [0, 0.05) is 16.3 Å². The minimum atomic E-state index is -0.364. The number of imide groups is 1. The van der Waals surface area contributed by atoms with Crippen LogP contribution in [-0.2, 0) is 15.0 Å². The molecular formula is C28H24BrNO2. The summed E-state index contributed by atoms with van der Waals surface area (Å²) < 4.78 is 0.762. The number of amides is 2. The SMILES string of the molecule is CC(C)(C)c1ccc2c(c1)C1c3ccccc3C2C2C(=O)N(c3ccccc3Br)C(=O)C12. The van der Waals surface area contributed by atoms with E-state index in [0.29, 0.717) is 5.69 Å². The van der Waals surface area contributed by atoms with Crippen LogP contribution in [0.25, 0.3) is 0 Å². The minimum absolute atomic E-state index is 0.0150. The van der Waals surface area contributed by atoms with Crippen molar-refractivity contribution in [2.24, 2.45) is 11.8 Å². The summed E-state index contributed by atoms with van der Waals surface area (Å²) in [4.78, 5) is 29.1. The molecule has 1 fully saturated rings. The summed E-state index contributed by atoms with van der Waals surface area (Å²) in [6, 6.07) is 22.6. The highest BCUT2D eigenvalue weighted by molar-refractivity contribution is 9.10. The summed E-state index contributed by atoms with van der Waals surface area (Å²) in [5, 5.41) is 0. The summed E-state index contributed by atoms with van der Waals surface area (Å²) >= 11 is 3.55. The molecule has 0 radical (unpaired) electrons. The van der Waals surface area contributed by atoms with Gasteiger partial charge in [-0.2, -0.15) is 0 Å². The molecule has 4 heteroatoms. The molecule has 3 nitrogen and oxygen atoms in total. The van der Waals surface area contributed by atoms with Crippen LogP contribution >= 0.6 is 15.9 Å². The molecule has 0 N–H and O–H groups in total. The van der Waals surface area contributed by atoms with Crippen LogP contribution in [0.4, 0.5) is 5.69 Å². The number of hydrogen-bond acceptors (Lipinski definition) is 2. The van der Waals surface area contributed by atoms with Gasteiger partial charge in [0.2, 0.25) is 11.8 Å². The number of carbonyl (C=O) groups is 2. The van der Waals surface area contributed by atoms with Gasteiger partial charge in [-0.05, 0) is 61.3 Å².